The summed E-state index contributed by atoms with van der Waals surface area (Å²) >= 11 is 0. The molecule has 0 aliphatic carbocycles. The lowest BCUT2D eigenvalue weighted by molar-refractivity contribution is -0.140. The number of hydrogen-bond acceptors (Lipinski definition) is 5. The highest BCUT2D eigenvalue weighted by Crippen LogP contribution is 2.36. The average Bonchev–Trinajstić information content (AvgIpc) is 3.05. The minimum absolute atomic E-state index is 0.0375. The van der Waals surface area contributed by atoms with Gasteiger partial charge in [-0.15, -0.1) is 0 Å². The molecule has 0 radical (unpaired) electrons. The third-order valence-corrected chi connectivity index (χ3v) is 2.83. The Morgan fingerprint density at radius 1 is 1.24 bits per heavy atom. The monoisotopic (exact) mass is 299 g/mol. The molecule has 1 amide bonds. The number of ether oxygens (including phenoxy) is 1. The fourth-order valence-electron chi connectivity index (χ4n) is 1.92. The summed E-state index contributed by atoms with van der Waals surface area (Å²) in [5.74, 6) is 0. The fraction of sp³-hybridized carbons (Fsp3) is 0.273. The molecule has 1 saturated heterocycles. The number of carbonyl (C=O) groups is 1. The zero-order valence-electron chi connectivity index (χ0n) is 10.4. The van der Waals surface area contributed by atoms with E-state index in [9.17, 15) is 18.0 Å². The molecule has 21 heavy (non-hydrogen) atoms. The molecule has 1 aliphatic heterocycles. The van der Waals surface area contributed by atoms with Gasteiger partial charge in [0.2, 0.25) is 0 Å². The van der Waals surface area contributed by atoms with E-state index < -0.39 is 18.0 Å². The minimum atomic E-state index is -4.70. The number of cyclic esters (lactones) is 1. The van der Waals surface area contributed by atoms with Crippen LogP contribution in [0.2, 0.25) is 0 Å². The van der Waals surface area contributed by atoms with Gasteiger partial charge in [-0.1, -0.05) is 0 Å². The van der Waals surface area contributed by atoms with Gasteiger partial charge >= 0.3 is 12.3 Å². The SMILES string of the molecule is O=C1OCCN1c1cn(-c2cncnc2)nc1C(F)(F)F. The summed E-state index contributed by atoms with van der Waals surface area (Å²) < 4.78 is 44.9. The molecule has 0 saturated carbocycles. The van der Waals surface area contributed by atoms with Crippen LogP contribution in [0.3, 0.4) is 0 Å². The zero-order valence-corrected chi connectivity index (χ0v) is 10.4. The quantitative estimate of drug-likeness (QED) is 0.843. The molecule has 3 heterocycles. The molecule has 0 spiro atoms. The number of hydrogen-bond donors (Lipinski definition) is 0. The largest absolute Gasteiger partial charge is 0.447 e. The summed E-state index contributed by atoms with van der Waals surface area (Å²) in [6.07, 6.45) is -0.549. The Bertz CT molecular complexity index is 670. The Balaban J connectivity index is 2.10. The first-order valence-electron chi connectivity index (χ1n) is 5.83. The van der Waals surface area contributed by atoms with Crippen molar-refractivity contribution in [2.75, 3.05) is 18.1 Å². The van der Waals surface area contributed by atoms with Crippen molar-refractivity contribution in [3.8, 4) is 5.69 Å². The Labute approximate surface area is 116 Å². The zero-order chi connectivity index (χ0) is 15.0. The maximum Gasteiger partial charge on any atom is 0.437 e. The van der Waals surface area contributed by atoms with Crippen molar-refractivity contribution in [2.24, 2.45) is 0 Å². The van der Waals surface area contributed by atoms with Crippen molar-refractivity contribution in [1.82, 2.24) is 19.7 Å². The number of rotatable bonds is 2. The van der Waals surface area contributed by atoms with Gasteiger partial charge in [0, 0.05) is 0 Å². The van der Waals surface area contributed by atoms with Crippen molar-refractivity contribution in [3.05, 3.63) is 30.6 Å². The predicted octanol–water partition coefficient (Wildman–Crippen LogP) is 1.64. The number of aromatic nitrogens is 4. The van der Waals surface area contributed by atoms with Crippen LogP contribution in [-0.4, -0.2) is 39.0 Å². The highest BCUT2D eigenvalue weighted by atomic mass is 19.4. The number of nitrogens with zero attached hydrogens (tertiary/aromatic N) is 5. The molecule has 1 aliphatic rings. The molecule has 1 fully saturated rings. The lowest BCUT2D eigenvalue weighted by Crippen LogP contribution is -2.25. The van der Waals surface area contributed by atoms with E-state index in [1.807, 2.05) is 0 Å². The van der Waals surface area contributed by atoms with Gasteiger partial charge in [0.1, 0.15) is 18.6 Å². The molecule has 7 nitrogen and oxygen atoms in total. The van der Waals surface area contributed by atoms with Crippen molar-refractivity contribution in [1.29, 1.82) is 0 Å². The van der Waals surface area contributed by atoms with Crippen LogP contribution in [0.15, 0.2) is 24.9 Å². The van der Waals surface area contributed by atoms with E-state index in [0.29, 0.717) is 0 Å². The molecular formula is C11H8F3N5O2. The highest BCUT2D eigenvalue weighted by Gasteiger charge is 2.41. The Hall–Kier alpha value is -2.65. The predicted molar refractivity (Wildman–Crippen MR) is 62.9 cm³/mol. The van der Waals surface area contributed by atoms with Gasteiger partial charge in [0.15, 0.2) is 5.69 Å². The van der Waals surface area contributed by atoms with Crippen molar-refractivity contribution < 1.29 is 22.7 Å². The Morgan fingerprint density at radius 3 is 2.52 bits per heavy atom. The Kier molecular flexibility index (Phi) is 3.00. The Morgan fingerprint density at radius 2 is 1.95 bits per heavy atom. The number of carbonyl (C=O) groups excluding carboxylic acids is 1. The van der Waals surface area contributed by atoms with Crippen molar-refractivity contribution >= 4 is 11.8 Å². The number of anilines is 1. The third kappa shape index (κ3) is 2.39. The standard InChI is InChI=1S/C11H8F3N5O2/c12-11(13,14)9-8(18-1-2-21-10(18)20)5-19(17-9)7-3-15-6-16-4-7/h3-6H,1-2H2. The molecule has 0 unspecified atom stereocenters. The molecule has 0 aromatic carbocycles. The van der Waals surface area contributed by atoms with E-state index in [1.54, 1.807) is 0 Å². The molecule has 2 aromatic rings. The van der Waals surface area contributed by atoms with Gasteiger partial charge in [0.25, 0.3) is 0 Å². The topological polar surface area (TPSA) is 73.1 Å². The van der Waals surface area contributed by atoms with Gasteiger partial charge in [-0.05, 0) is 0 Å². The molecule has 10 heteroatoms. The molecule has 0 N–H and O–H groups in total. The van der Waals surface area contributed by atoms with Crippen molar-refractivity contribution in [3.63, 3.8) is 0 Å². The first-order valence-corrected chi connectivity index (χ1v) is 5.83. The summed E-state index contributed by atoms with van der Waals surface area (Å²) in [5.41, 5.74) is -1.26. The van der Waals surface area contributed by atoms with Crippen LogP contribution in [-0.2, 0) is 10.9 Å². The molecule has 0 bridgehead atoms. The van der Waals surface area contributed by atoms with E-state index in [-0.39, 0.29) is 24.5 Å². The average molecular weight is 299 g/mol. The van der Waals surface area contributed by atoms with E-state index >= 15 is 0 Å². The summed E-state index contributed by atoms with van der Waals surface area (Å²) in [4.78, 5) is 19.8. The highest BCUT2D eigenvalue weighted by molar-refractivity contribution is 5.90. The van der Waals surface area contributed by atoms with Crippen LogP contribution in [0.25, 0.3) is 5.69 Å². The third-order valence-electron chi connectivity index (χ3n) is 2.83. The molecule has 0 atom stereocenters. The van der Waals surface area contributed by atoms with Crippen LogP contribution >= 0.6 is 0 Å². The molecule has 2 aromatic heterocycles. The normalized spacial score (nSPS) is 15.4. The van der Waals surface area contributed by atoms with E-state index in [4.69, 9.17) is 0 Å². The van der Waals surface area contributed by atoms with Gasteiger partial charge in [-0.3, -0.25) is 4.90 Å². The molecule has 110 valence electrons. The van der Waals surface area contributed by atoms with Crippen LogP contribution in [0, 0.1) is 0 Å². The molecule has 3 rings (SSSR count). The van der Waals surface area contributed by atoms with E-state index in [0.717, 1.165) is 15.8 Å². The maximum absolute atomic E-state index is 13.1. The fourth-order valence-corrected chi connectivity index (χ4v) is 1.92. The van der Waals surface area contributed by atoms with Crippen molar-refractivity contribution in [2.45, 2.75) is 6.18 Å². The summed E-state index contributed by atoms with van der Waals surface area (Å²) in [6.45, 7) is 0.0780. The second-order valence-corrected chi connectivity index (χ2v) is 4.17. The summed E-state index contributed by atoms with van der Waals surface area (Å²) in [7, 11) is 0. The van der Waals surface area contributed by atoms with Gasteiger partial charge in [0.05, 0.1) is 30.8 Å². The van der Waals surface area contributed by atoms with E-state index in [1.165, 1.54) is 18.7 Å². The van der Waals surface area contributed by atoms with E-state index in [2.05, 4.69) is 19.8 Å². The van der Waals surface area contributed by atoms with Crippen LogP contribution in [0.5, 0.6) is 0 Å². The summed E-state index contributed by atoms with van der Waals surface area (Å²) in [6, 6.07) is 0. The number of halogens is 3. The van der Waals surface area contributed by atoms with Gasteiger partial charge in [-0.2, -0.15) is 18.3 Å². The first-order chi connectivity index (χ1) is 9.97. The van der Waals surface area contributed by atoms with Gasteiger partial charge < -0.3 is 4.74 Å². The smallest absolute Gasteiger partial charge is 0.437 e. The maximum atomic E-state index is 13.1. The molecular weight excluding hydrogens is 291 g/mol. The minimum Gasteiger partial charge on any atom is -0.447 e. The van der Waals surface area contributed by atoms with Crippen LogP contribution in [0.4, 0.5) is 23.7 Å². The number of alkyl halides is 3. The first kappa shape index (κ1) is 13.3. The van der Waals surface area contributed by atoms with Gasteiger partial charge in [-0.25, -0.2) is 19.4 Å². The lowest BCUT2D eigenvalue weighted by Gasteiger charge is -2.13. The van der Waals surface area contributed by atoms with Crippen LogP contribution in [0.1, 0.15) is 5.69 Å². The lowest BCUT2D eigenvalue weighted by atomic mass is 10.3. The summed E-state index contributed by atoms with van der Waals surface area (Å²) in [5, 5.41) is 3.49. The number of amides is 1. The second kappa shape index (κ2) is 4.72. The van der Waals surface area contributed by atoms with Crippen LogP contribution < -0.4 is 4.90 Å². The second-order valence-electron chi connectivity index (χ2n) is 4.17.